The highest BCUT2D eigenvalue weighted by atomic mass is 19.4. The van der Waals surface area contributed by atoms with Gasteiger partial charge in [-0.1, -0.05) is 0 Å². The number of amides is 1. The molecule has 0 saturated carbocycles. The van der Waals surface area contributed by atoms with E-state index < -0.39 is 46.8 Å². The van der Waals surface area contributed by atoms with Gasteiger partial charge in [0.1, 0.15) is 28.7 Å². The van der Waals surface area contributed by atoms with Crippen molar-refractivity contribution in [2.24, 2.45) is 7.05 Å². The molecule has 2 rings (SSSR count). The average Bonchev–Trinajstić information content (AvgIpc) is 2.97. The van der Waals surface area contributed by atoms with Crippen LogP contribution in [0.15, 0.2) is 18.2 Å². The van der Waals surface area contributed by atoms with Gasteiger partial charge >= 0.3 is 18.3 Å². The Morgan fingerprint density at radius 2 is 1.80 bits per heavy atom. The molecule has 0 aliphatic carbocycles. The van der Waals surface area contributed by atoms with Crippen LogP contribution in [-0.4, -0.2) is 21.9 Å². The number of anilines is 1. The van der Waals surface area contributed by atoms with E-state index in [1.807, 2.05) is 0 Å². The van der Waals surface area contributed by atoms with E-state index in [1.54, 1.807) is 11.4 Å². The third kappa shape index (κ3) is 4.04. The number of nitriles is 1. The summed E-state index contributed by atoms with van der Waals surface area (Å²) < 4.78 is 105. The van der Waals surface area contributed by atoms with Gasteiger partial charge in [0.15, 0.2) is 5.69 Å². The van der Waals surface area contributed by atoms with E-state index in [-0.39, 0.29) is 21.4 Å². The van der Waals surface area contributed by atoms with Crippen molar-refractivity contribution in [3.05, 3.63) is 45.8 Å². The molecule has 3 N–H and O–H groups in total. The predicted molar refractivity (Wildman–Crippen MR) is 82.2 cm³/mol. The van der Waals surface area contributed by atoms with Crippen LogP contribution in [-0.2, 0) is 19.1 Å². The number of carbonyl (C=O) groups excluding carboxylic acids is 1. The molecule has 1 aromatic heterocycles. The first-order valence-corrected chi connectivity index (χ1v) is 7.55. The second kappa shape index (κ2) is 7.54. The van der Waals surface area contributed by atoms with E-state index in [9.17, 15) is 45.1 Å². The highest BCUT2D eigenvalue weighted by Crippen LogP contribution is 2.49. The van der Waals surface area contributed by atoms with Crippen molar-refractivity contribution in [3.8, 4) is 6.07 Å². The van der Waals surface area contributed by atoms with Crippen molar-refractivity contribution < 1.29 is 45.4 Å². The second-order valence-electron chi connectivity index (χ2n) is 5.75. The van der Waals surface area contributed by atoms with E-state index >= 15 is 0 Å². The number of quaternary nitrogens is 1. The maximum atomic E-state index is 13.6. The SMILES string of the molecule is Cn1nc(C(F)(F)C(F)(F)F)c(C(F)(F)F)c1NC(=O)c1ccc(C#N)c([NH2+][O-])c1. The largest absolute Gasteiger partial charge is 0.630 e. The van der Waals surface area contributed by atoms with Crippen molar-refractivity contribution >= 4 is 17.4 Å². The summed E-state index contributed by atoms with van der Waals surface area (Å²) in [5.74, 6) is -8.81. The maximum absolute atomic E-state index is 13.6. The number of nitrogens with zero attached hydrogens (tertiary/aromatic N) is 3. The number of alkyl halides is 8. The normalized spacial score (nSPS) is 12.6. The van der Waals surface area contributed by atoms with E-state index in [2.05, 4.69) is 5.10 Å². The molecule has 162 valence electrons. The molecule has 0 fully saturated rings. The minimum absolute atomic E-state index is 0.0139. The summed E-state index contributed by atoms with van der Waals surface area (Å²) in [4.78, 5) is 12.2. The Hall–Kier alpha value is -3.25. The minimum atomic E-state index is -6.38. The van der Waals surface area contributed by atoms with E-state index in [4.69, 9.17) is 5.26 Å². The number of halogens is 8. The van der Waals surface area contributed by atoms with Crippen molar-refractivity contribution in [2.45, 2.75) is 18.3 Å². The third-order valence-corrected chi connectivity index (χ3v) is 3.78. The fourth-order valence-corrected chi connectivity index (χ4v) is 2.37. The number of rotatable bonds is 4. The Morgan fingerprint density at radius 3 is 2.27 bits per heavy atom. The van der Waals surface area contributed by atoms with Gasteiger partial charge in [-0.15, -0.1) is 0 Å². The van der Waals surface area contributed by atoms with Crippen LogP contribution in [0.25, 0.3) is 0 Å². The number of nitrogens with two attached hydrogens (primary N) is 1. The molecule has 0 bridgehead atoms. The molecule has 1 amide bonds. The first kappa shape index (κ1) is 23.0. The maximum Gasteiger partial charge on any atom is 0.459 e. The zero-order chi connectivity index (χ0) is 23.1. The third-order valence-electron chi connectivity index (χ3n) is 3.78. The van der Waals surface area contributed by atoms with Gasteiger partial charge in [0.25, 0.3) is 5.91 Å². The molecule has 30 heavy (non-hydrogen) atoms. The van der Waals surface area contributed by atoms with Crippen LogP contribution in [0, 0.1) is 16.5 Å². The van der Waals surface area contributed by atoms with E-state index in [1.165, 1.54) is 0 Å². The fraction of sp³-hybridized carbons (Fsp3) is 0.267. The zero-order valence-corrected chi connectivity index (χ0v) is 14.5. The van der Waals surface area contributed by atoms with Crippen molar-refractivity contribution in [3.63, 3.8) is 0 Å². The Morgan fingerprint density at radius 1 is 1.20 bits per heavy atom. The molecule has 0 spiro atoms. The lowest BCUT2D eigenvalue weighted by Crippen LogP contribution is -2.70. The second-order valence-corrected chi connectivity index (χ2v) is 5.75. The molecule has 1 heterocycles. The number of hydrogen-bond acceptors (Lipinski definition) is 4. The molecule has 0 aliphatic rings. The molecule has 2 aromatic rings. The number of nitrogens with one attached hydrogen (secondary N) is 1. The summed E-state index contributed by atoms with van der Waals surface area (Å²) in [5.41, 5.74) is -5.85. The Labute approximate surface area is 161 Å². The first-order chi connectivity index (χ1) is 13.6. The Kier molecular flexibility index (Phi) is 5.79. The molecular formula is C15H9F8N5O2. The molecular weight excluding hydrogens is 434 g/mol. The molecule has 0 saturated heterocycles. The average molecular weight is 443 g/mol. The lowest BCUT2D eigenvalue weighted by molar-refractivity contribution is -0.497. The Bertz CT molecular complexity index is 1020. The quantitative estimate of drug-likeness (QED) is 0.430. The number of aryl methyl sites for hydroxylation is 1. The smallest absolute Gasteiger partial charge is 0.459 e. The van der Waals surface area contributed by atoms with Crippen LogP contribution in [0.1, 0.15) is 27.2 Å². The van der Waals surface area contributed by atoms with Crippen molar-refractivity contribution in [1.29, 1.82) is 5.26 Å². The van der Waals surface area contributed by atoms with Crippen LogP contribution in [0.2, 0.25) is 0 Å². The van der Waals surface area contributed by atoms with Gasteiger partial charge in [-0.3, -0.25) is 9.48 Å². The molecule has 15 heteroatoms. The number of carbonyl (C=O) groups is 1. The van der Waals surface area contributed by atoms with E-state index in [0.717, 1.165) is 18.2 Å². The van der Waals surface area contributed by atoms with Crippen molar-refractivity contribution in [2.75, 3.05) is 5.32 Å². The van der Waals surface area contributed by atoms with Gasteiger partial charge in [0.2, 0.25) is 0 Å². The Balaban J connectivity index is 2.58. The number of hydrogen-bond donors (Lipinski definition) is 2. The van der Waals surface area contributed by atoms with Crippen LogP contribution in [0.3, 0.4) is 0 Å². The summed E-state index contributed by atoms with van der Waals surface area (Å²) in [7, 11) is 0.621. The monoisotopic (exact) mass is 443 g/mol. The summed E-state index contributed by atoms with van der Waals surface area (Å²) in [6.45, 7) is 0. The van der Waals surface area contributed by atoms with E-state index in [0.29, 0.717) is 7.05 Å². The molecule has 0 aliphatic heterocycles. The van der Waals surface area contributed by atoms with Gasteiger partial charge in [-0.25, -0.2) is 0 Å². The molecule has 1 aromatic carbocycles. The fourth-order valence-electron chi connectivity index (χ4n) is 2.37. The van der Waals surface area contributed by atoms with Gasteiger partial charge in [-0.2, -0.15) is 45.5 Å². The lowest BCUT2D eigenvalue weighted by Gasteiger charge is -2.19. The van der Waals surface area contributed by atoms with Gasteiger partial charge in [-0.05, 0) is 12.1 Å². The lowest BCUT2D eigenvalue weighted by atomic mass is 10.1. The highest BCUT2D eigenvalue weighted by Gasteiger charge is 2.64. The van der Waals surface area contributed by atoms with Crippen LogP contribution >= 0.6 is 0 Å². The topological polar surface area (TPSA) is 110 Å². The predicted octanol–water partition coefficient (Wildman–Crippen LogP) is 2.91. The summed E-state index contributed by atoms with van der Waals surface area (Å²) in [5, 5.41) is 24.0. The molecule has 0 unspecified atom stereocenters. The number of aromatic nitrogens is 2. The van der Waals surface area contributed by atoms with Gasteiger partial charge in [0, 0.05) is 18.7 Å². The zero-order valence-electron chi connectivity index (χ0n) is 14.5. The summed E-state index contributed by atoms with van der Waals surface area (Å²) in [6, 6.07) is 4.38. The van der Waals surface area contributed by atoms with Gasteiger partial charge < -0.3 is 16.0 Å². The minimum Gasteiger partial charge on any atom is -0.630 e. The van der Waals surface area contributed by atoms with Gasteiger partial charge in [0.05, 0.1) is 0 Å². The standard InChI is InChI=1S/C15H9F8N5O2/c1-28-11(25-12(29)6-2-3-7(5-24)8(4-6)27-30)9(14(18,19)20)10(26-28)13(16,17)15(21,22)23/h2-4H,27H2,1H3,(H,25,29). The van der Waals surface area contributed by atoms with Crippen LogP contribution < -0.4 is 10.8 Å². The van der Waals surface area contributed by atoms with Crippen molar-refractivity contribution in [1.82, 2.24) is 9.78 Å². The summed E-state index contributed by atoms with van der Waals surface area (Å²) in [6.07, 6.45) is -12.1. The highest BCUT2D eigenvalue weighted by molar-refractivity contribution is 6.04. The molecule has 0 radical (unpaired) electrons. The van der Waals surface area contributed by atoms with Crippen LogP contribution in [0.5, 0.6) is 0 Å². The molecule has 7 nitrogen and oxygen atoms in total. The van der Waals surface area contributed by atoms with Crippen LogP contribution in [0.4, 0.5) is 46.6 Å². The first-order valence-electron chi connectivity index (χ1n) is 7.55. The molecule has 0 atom stereocenters. The summed E-state index contributed by atoms with van der Waals surface area (Å²) >= 11 is 0. The number of benzene rings is 1.